The number of aryl methyl sites for hydroxylation is 1. The summed E-state index contributed by atoms with van der Waals surface area (Å²) in [5, 5.41) is 3.08. The molecule has 0 fully saturated rings. The van der Waals surface area contributed by atoms with Gasteiger partial charge in [-0.1, -0.05) is 0 Å². The number of nitrogens with one attached hydrogen (secondary N) is 1. The van der Waals surface area contributed by atoms with Crippen molar-refractivity contribution in [2.75, 3.05) is 39.2 Å². The van der Waals surface area contributed by atoms with Crippen LogP contribution in [-0.4, -0.2) is 50.2 Å². The Morgan fingerprint density at radius 2 is 2.28 bits per heavy atom. The number of nitrogens with zero attached hydrogens (tertiary/aromatic N) is 3. The highest BCUT2D eigenvalue weighted by Gasteiger charge is 2.17. The molecule has 1 rings (SSSR count). The maximum Gasteiger partial charge on any atom is 0.343 e. The maximum absolute atomic E-state index is 11.6. The highest BCUT2D eigenvalue weighted by molar-refractivity contribution is 5.94. The molecule has 0 saturated heterocycles. The highest BCUT2D eigenvalue weighted by Crippen LogP contribution is 2.17. The lowest BCUT2D eigenvalue weighted by Crippen LogP contribution is -2.25. The lowest BCUT2D eigenvalue weighted by molar-refractivity contribution is 0.0600. The molecule has 0 amide bonds. The van der Waals surface area contributed by atoms with E-state index < -0.39 is 5.97 Å². The molecule has 0 radical (unpaired) electrons. The van der Waals surface area contributed by atoms with E-state index in [1.54, 1.807) is 6.92 Å². The summed E-state index contributed by atoms with van der Waals surface area (Å²) in [5.74, 6) is 0.842. The van der Waals surface area contributed by atoms with E-state index in [0.29, 0.717) is 17.2 Å². The number of methoxy groups -OCH3 is 1. The van der Waals surface area contributed by atoms with Gasteiger partial charge in [-0.2, -0.15) is 0 Å². The van der Waals surface area contributed by atoms with E-state index in [1.807, 2.05) is 19.0 Å². The first-order valence-corrected chi connectivity index (χ1v) is 5.87. The van der Waals surface area contributed by atoms with Crippen molar-refractivity contribution in [1.82, 2.24) is 15.3 Å². The van der Waals surface area contributed by atoms with E-state index in [4.69, 9.17) is 4.74 Å². The van der Waals surface area contributed by atoms with Gasteiger partial charge in [-0.05, 0) is 26.9 Å². The lowest BCUT2D eigenvalue weighted by atomic mass is 10.2. The van der Waals surface area contributed by atoms with Crippen molar-refractivity contribution in [3.05, 3.63) is 17.6 Å². The molecule has 0 aliphatic rings. The summed E-state index contributed by atoms with van der Waals surface area (Å²) in [6.45, 7) is 3.52. The molecule has 18 heavy (non-hydrogen) atoms. The summed E-state index contributed by atoms with van der Waals surface area (Å²) in [7, 11) is 5.17. The fraction of sp³-hybridized carbons (Fsp3) is 0.583. The molecule has 1 N–H and O–H groups in total. The molecule has 0 aromatic carbocycles. The van der Waals surface area contributed by atoms with E-state index in [-0.39, 0.29) is 0 Å². The summed E-state index contributed by atoms with van der Waals surface area (Å²) in [6.07, 6.45) is 2.48. The van der Waals surface area contributed by atoms with Crippen molar-refractivity contribution in [1.29, 1.82) is 0 Å². The van der Waals surface area contributed by atoms with Gasteiger partial charge < -0.3 is 15.0 Å². The third kappa shape index (κ3) is 3.66. The third-order valence-electron chi connectivity index (χ3n) is 2.58. The summed E-state index contributed by atoms with van der Waals surface area (Å²) in [5.41, 5.74) is 0.398. The molecule has 0 atom stereocenters. The van der Waals surface area contributed by atoms with Gasteiger partial charge in [-0.3, -0.25) is 0 Å². The minimum absolute atomic E-state index is 0.398. The summed E-state index contributed by atoms with van der Waals surface area (Å²) in [6, 6.07) is 0. The zero-order valence-corrected chi connectivity index (χ0v) is 11.4. The van der Waals surface area contributed by atoms with Gasteiger partial charge in [0.15, 0.2) is 0 Å². The van der Waals surface area contributed by atoms with Gasteiger partial charge in [0, 0.05) is 19.8 Å². The van der Waals surface area contributed by atoms with Crippen LogP contribution in [0.1, 0.15) is 22.6 Å². The number of ether oxygens (including phenoxy) is 1. The fourth-order valence-corrected chi connectivity index (χ4v) is 1.60. The largest absolute Gasteiger partial charge is 0.465 e. The number of aromatic nitrogens is 2. The number of rotatable bonds is 6. The summed E-state index contributed by atoms with van der Waals surface area (Å²) < 4.78 is 4.73. The number of anilines is 1. The van der Waals surface area contributed by atoms with E-state index in [9.17, 15) is 4.79 Å². The van der Waals surface area contributed by atoms with Gasteiger partial charge in [0.1, 0.15) is 17.2 Å². The van der Waals surface area contributed by atoms with E-state index in [1.165, 1.54) is 13.3 Å². The number of carbonyl (C=O) groups is 1. The van der Waals surface area contributed by atoms with Gasteiger partial charge in [-0.15, -0.1) is 0 Å². The number of hydrogen-bond acceptors (Lipinski definition) is 6. The molecular formula is C12H20N4O2. The zero-order valence-electron chi connectivity index (χ0n) is 11.4. The predicted octanol–water partition coefficient (Wildman–Crippen LogP) is 0.617. The van der Waals surface area contributed by atoms with Crippen molar-refractivity contribution < 1.29 is 9.53 Å². The molecule has 100 valence electrons. The van der Waals surface area contributed by atoms with Crippen molar-refractivity contribution >= 4 is 11.8 Å². The molecule has 1 heterocycles. The molecule has 0 aliphatic carbocycles. The van der Waals surface area contributed by atoms with Crippen molar-refractivity contribution in [3.63, 3.8) is 0 Å². The molecule has 0 spiro atoms. The van der Waals surface area contributed by atoms with E-state index in [0.717, 1.165) is 19.5 Å². The Kier molecular flexibility index (Phi) is 5.51. The number of esters is 1. The van der Waals surface area contributed by atoms with Crippen LogP contribution in [0.15, 0.2) is 6.20 Å². The average molecular weight is 252 g/mol. The first kappa shape index (κ1) is 14.4. The predicted molar refractivity (Wildman–Crippen MR) is 69.9 cm³/mol. The van der Waals surface area contributed by atoms with Crippen LogP contribution in [0.3, 0.4) is 0 Å². The Hall–Kier alpha value is -1.69. The van der Waals surface area contributed by atoms with E-state index in [2.05, 4.69) is 15.3 Å². The monoisotopic (exact) mass is 252 g/mol. The quantitative estimate of drug-likeness (QED) is 0.591. The summed E-state index contributed by atoms with van der Waals surface area (Å²) >= 11 is 0. The van der Waals surface area contributed by atoms with Crippen LogP contribution < -0.4 is 10.2 Å². The topological polar surface area (TPSA) is 67.3 Å². The van der Waals surface area contributed by atoms with Crippen molar-refractivity contribution in [2.45, 2.75) is 13.3 Å². The van der Waals surface area contributed by atoms with Gasteiger partial charge in [0.05, 0.1) is 7.11 Å². The highest BCUT2D eigenvalue weighted by atomic mass is 16.5. The van der Waals surface area contributed by atoms with Gasteiger partial charge in [0.25, 0.3) is 0 Å². The summed E-state index contributed by atoms with van der Waals surface area (Å²) in [4.78, 5) is 21.9. The van der Waals surface area contributed by atoms with Crippen molar-refractivity contribution in [2.24, 2.45) is 0 Å². The molecule has 0 saturated carbocycles. The van der Waals surface area contributed by atoms with Gasteiger partial charge in [-0.25, -0.2) is 14.8 Å². The molecule has 0 aliphatic heterocycles. The molecule has 0 unspecified atom stereocenters. The molecule has 0 bridgehead atoms. The smallest absolute Gasteiger partial charge is 0.343 e. The number of hydrogen-bond donors (Lipinski definition) is 1. The van der Waals surface area contributed by atoms with Crippen LogP contribution in [0.4, 0.5) is 5.82 Å². The second-order valence-electron chi connectivity index (χ2n) is 4.02. The van der Waals surface area contributed by atoms with Crippen LogP contribution in [0.5, 0.6) is 0 Å². The second-order valence-corrected chi connectivity index (χ2v) is 4.02. The normalized spacial score (nSPS) is 10.2. The molecule has 6 heteroatoms. The maximum atomic E-state index is 11.6. The Labute approximate surface area is 107 Å². The average Bonchev–Trinajstić information content (AvgIpc) is 2.38. The standard InChI is InChI=1S/C12H20N4O2/c1-9-14-8-10(12(17)18-4)11(15-9)16(3)7-5-6-13-2/h8,13H,5-7H2,1-4H3. The van der Waals surface area contributed by atoms with E-state index >= 15 is 0 Å². The lowest BCUT2D eigenvalue weighted by Gasteiger charge is -2.20. The molecule has 1 aromatic heterocycles. The third-order valence-corrected chi connectivity index (χ3v) is 2.58. The fourth-order valence-electron chi connectivity index (χ4n) is 1.60. The first-order chi connectivity index (χ1) is 8.60. The van der Waals surface area contributed by atoms with Crippen LogP contribution in [0.25, 0.3) is 0 Å². The zero-order chi connectivity index (χ0) is 13.5. The first-order valence-electron chi connectivity index (χ1n) is 5.87. The Bertz CT molecular complexity index is 409. The SMILES string of the molecule is CNCCCN(C)c1nc(C)ncc1C(=O)OC. The minimum atomic E-state index is -0.412. The van der Waals surface area contributed by atoms with Crippen LogP contribution in [-0.2, 0) is 4.74 Å². The molecular weight excluding hydrogens is 232 g/mol. The number of carbonyl (C=O) groups excluding carboxylic acids is 1. The Morgan fingerprint density at radius 1 is 1.56 bits per heavy atom. The second kappa shape index (κ2) is 6.90. The Morgan fingerprint density at radius 3 is 2.89 bits per heavy atom. The minimum Gasteiger partial charge on any atom is -0.465 e. The van der Waals surface area contributed by atoms with Gasteiger partial charge in [0.2, 0.25) is 0 Å². The van der Waals surface area contributed by atoms with Crippen molar-refractivity contribution in [3.8, 4) is 0 Å². The van der Waals surface area contributed by atoms with Crippen LogP contribution >= 0.6 is 0 Å². The Balaban J connectivity index is 2.90. The van der Waals surface area contributed by atoms with Gasteiger partial charge >= 0.3 is 5.97 Å². The van der Waals surface area contributed by atoms with Crippen LogP contribution in [0.2, 0.25) is 0 Å². The molecule has 1 aromatic rings. The molecule has 6 nitrogen and oxygen atoms in total. The van der Waals surface area contributed by atoms with Crippen LogP contribution in [0, 0.1) is 6.92 Å².